The van der Waals surface area contributed by atoms with Crippen molar-refractivity contribution in [1.82, 2.24) is 9.97 Å². The van der Waals surface area contributed by atoms with Crippen molar-refractivity contribution in [2.24, 2.45) is 0 Å². The molecule has 0 fully saturated rings. The Labute approximate surface area is 119 Å². The molecule has 1 aromatic heterocycles. The molecule has 2 N–H and O–H groups in total. The Morgan fingerprint density at radius 2 is 1.85 bits per heavy atom. The summed E-state index contributed by atoms with van der Waals surface area (Å²) in [6.07, 6.45) is 0. The standard InChI is InChI=1S/C16H18N4/c1-10-7-11(16(2,3)4)5-6-13(10)15-19-12(9-17)8-14(18)20-15/h5-8H,1-4H3,(H2,18,19,20). The van der Waals surface area contributed by atoms with Crippen LogP contribution >= 0.6 is 0 Å². The second kappa shape index (κ2) is 4.93. The number of nitriles is 1. The third-order valence-electron chi connectivity index (χ3n) is 3.19. The Morgan fingerprint density at radius 3 is 2.40 bits per heavy atom. The molecule has 0 atom stereocenters. The summed E-state index contributed by atoms with van der Waals surface area (Å²) in [5, 5.41) is 8.96. The molecule has 0 bridgehead atoms. The summed E-state index contributed by atoms with van der Waals surface area (Å²) in [7, 11) is 0. The molecule has 0 aliphatic rings. The lowest BCUT2D eigenvalue weighted by Crippen LogP contribution is -2.11. The number of benzene rings is 1. The fraction of sp³-hybridized carbons (Fsp3) is 0.312. The van der Waals surface area contributed by atoms with Gasteiger partial charge in [-0.05, 0) is 23.5 Å². The van der Waals surface area contributed by atoms with Gasteiger partial charge < -0.3 is 5.73 Å². The minimum absolute atomic E-state index is 0.0949. The van der Waals surface area contributed by atoms with E-state index in [-0.39, 0.29) is 11.1 Å². The van der Waals surface area contributed by atoms with E-state index in [9.17, 15) is 0 Å². The molecule has 0 amide bonds. The molecule has 0 spiro atoms. The third kappa shape index (κ3) is 2.77. The van der Waals surface area contributed by atoms with E-state index in [4.69, 9.17) is 11.0 Å². The number of aromatic nitrogens is 2. The fourth-order valence-electron chi connectivity index (χ4n) is 2.02. The van der Waals surface area contributed by atoms with E-state index < -0.39 is 0 Å². The lowest BCUT2D eigenvalue weighted by atomic mass is 9.85. The number of rotatable bonds is 1. The normalized spacial score (nSPS) is 11.2. The van der Waals surface area contributed by atoms with Gasteiger partial charge in [-0.15, -0.1) is 0 Å². The van der Waals surface area contributed by atoms with Gasteiger partial charge in [0.1, 0.15) is 17.6 Å². The molecule has 0 radical (unpaired) electrons. The summed E-state index contributed by atoms with van der Waals surface area (Å²) in [5.74, 6) is 0.811. The van der Waals surface area contributed by atoms with E-state index in [2.05, 4.69) is 42.9 Å². The molecule has 0 saturated heterocycles. The van der Waals surface area contributed by atoms with Crippen LogP contribution in [-0.2, 0) is 5.41 Å². The number of aryl methyl sites for hydroxylation is 1. The first-order valence-electron chi connectivity index (χ1n) is 6.47. The second-order valence-electron chi connectivity index (χ2n) is 5.89. The van der Waals surface area contributed by atoms with E-state index in [0.29, 0.717) is 11.6 Å². The monoisotopic (exact) mass is 266 g/mol. The summed E-state index contributed by atoms with van der Waals surface area (Å²) >= 11 is 0. The minimum Gasteiger partial charge on any atom is -0.384 e. The molecular formula is C16H18N4. The van der Waals surface area contributed by atoms with Gasteiger partial charge in [0.2, 0.25) is 0 Å². The fourth-order valence-corrected chi connectivity index (χ4v) is 2.02. The van der Waals surface area contributed by atoms with Gasteiger partial charge in [0.25, 0.3) is 0 Å². The van der Waals surface area contributed by atoms with Crippen LogP contribution in [0.2, 0.25) is 0 Å². The van der Waals surface area contributed by atoms with Crippen LogP contribution in [-0.4, -0.2) is 9.97 Å². The van der Waals surface area contributed by atoms with Gasteiger partial charge >= 0.3 is 0 Å². The summed E-state index contributed by atoms with van der Waals surface area (Å²) in [6.45, 7) is 8.54. The summed E-state index contributed by atoms with van der Waals surface area (Å²) < 4.78 is 0. The van der Waals surface area contributed by atoms with E-state index in [0.717, 1.165) is 11.1 Å². The van der Waals surface area contributed by atoms with Gasteiger partial charge in [-0.1, -0.05) is 39.0 Å². The predicted octanol–water partition coefficient (Wildman–Crippen LogP) is 3.20. The van der Waals surface area contributed by atoms with E-state index in [1.165, 1.54) is 11.6 Å². The maximum Gasteiger partial charge on any atom is 0.163 e. The minimum atomic E-state index is 0.0949. The molecular weight excluding hydrogens is 248 g/mol. The Balaban J connectivity index is 2.55. The molecule has 2 aromatic rings. The number of hydrogen-bond acceptors (Lipinski definition) is 4. The molecule has 102 valence electrons. The Kier molecular flexibility index (Phi) is 3.46. The van der Waals surface area contributed by atoms with Gasteiger partial charge in [-0.3, -0.25) is 0 Å². The van der Waals surface area contributed by atoms with Crippen LogP contribution in [0.3, 0.4) is 0 Å². The van der Waals surface area contributed by atoms with Gasteiger partial charge in [-0.25, -0.2) is 9.97 Å². The topological polar surface area (TPSA) is 75.6 Å². The summed E-state index contributed by atoms with van der Waals surface area (Å²) in [4.78, 5) is 8.44. The van der Waals surface area contributed by atoms with E-state index in [1.807, 2.05) is 19.1 Å². The Morgan fingerprint density at radius 1 is 1.15 bits per heavy atom. The lowest BCUT2D eigenvalue weighted by Gasteiger charge is -2.20. The third-order valence-corrected chi connectivity index (χ3v) is 3.19. The van der Waals surface area contributed by atoms with Crippen LogP contribution in [0, 0.1) is 18.3 Å². The molecule has 0 aliphatic carbocycles. The highest BCUT2D eigenvalue weighted by atomic mass is 14.9. The van der Waals surface area contributed by atoms with Crippen molar-refractivity contribution >= 4 is 5.82 Å². The molecule has 0 saturated carbocycles. The average molecular weight is 266 g/mol. The van der Waals surface area contributed by atoms with Crippen molar-refractivity contribution in [3.05, 3.63) is 41.1 Å². The van der Waals surface area contributed by atoms with E-state index in [1.54, 1.807) is 0 Å². The van der Waals surface area contributed by atoms with Crippen LogP contribution in [0.15, 0.2) is 24.3 Å². The first-order chi connectivity index (χ1) is 9.31. The Hall–Kier alpha value is -2.41. The molecule has 1 aromatic carbocycles. The smallest absolute Gasteiger partial charge is 0.163 e. The Bertz CT molecular complexity index is 691. The van der Waals surface area contributed by atoms with Crippen LogP contribution in [0.5, 0.6) is 0 Å². The lowest BCUT2D eigenvalue weighted by molar-refractivity contribution is 0.590. The van der Waals surface area contributed by atoms with Gasteiger partial charge in [0.05, 0.1) is 0 Å². The zero-order valence-corrected chi connectivity index (χ0v) is 12.2. The van der Waals surface area contributed by atoms with Gasteiger partial charge in [0.15, 0.2) is 5.82 Å². The zero-order chi connectivity index (χ0) is 14.9. The van der Waals surface area contributed by atoms with Crippen molar-refractivity contribution in [1.29, 1.82) is 5.26 Å². The highest BCUT2D eigenvalue weighted by molar-refractivity contribution is 5.63. The molecule has 0 aliphatic heterocycles. The first kappa shape index (κ1) is 14.0. The number of hydrogen-bond donors (Lipinski definition) is 1. The molecule has 1 heterocycles. The van der Waals surface area contributed by atoms with Crippen LogP contribution in [0.25, 0.3) is 11.4 Å². The average Bonchev–Trinajstić information content (AvgIpc) is 2.36. The molecule has 4 heteroatoms. The van der Waals surface area contributed by atoms with Crippen molar-refractivity contribution < 1.29 is 0 Å². The van der Waals surface area contributed by atoms with E-state index >= 15 is 0 Å². The maximum atomic E-state index is 8.96. The zero-order valence-electron chi connectivity index (χ0n) is 12.2. The quantitative estimate of drug-likeness (QED) is 0.860. The number of nitrogens with zero attached hydrogens (tertiary/aromatic N) is 3. The highest BCUT2D eigenvalue weighted by Gasteiger charge is 2.16. The second-order valence-corrected chi connectivity index (χ2v) is 5.89. The molecule has 20 heavy (non-hydrogen) atoms. The number of anilines is 1. The maximum absolute atomic E-state index is 8.96. The molecule has 2 rings (SSSR count). The van der Waals surface area contributed by atoms with Crippen LogP contribution < -0.4 is 5.73 Å². The summed E-state index contributed by atoms with van der Waals surface area (Å²) in [5.41, 5.74) is 9.33. The predicted molar refractivity (Wildman–Crippen MR) is 80.0 cm³/mol. The number of nitrogen functional groups attached to an aromatic ring is 1. The molecule has 4 nitrogen and oxygen atoms in total. The SMILES string of the molecule is Cc1cc(C(C)(C)C)ccc1-c1nc(N)cc(C#N)n1. The van der Waals surface area contributed by atoms with Crippen molar-refractivity contribution in [3.8, 4) is 17.5 Å². The summed E-state index contributed by atoms with van der Waals surface area (Å²) in [6, 6.07) is 9.67. The number of nitrogens with two attached hydrogens (primary N) is 1. The largest absolute Gasteiger partial charge is 0.384 e. The van der Waals surface area contributed by atoms with Crippen molar-refractivity contribution in [2.45, 2.75) is 33.1 Å². The van der Waals surface area contributed by atoms with Gasteiger partial charge in [-0.2, -0.15) is 5.26 Å². The molecule has 0 unspecified atom stereocenters. The van der Waals surface area contributed by atoms with Crippen LogP contribution in [0.4, 0.5) is 5.82 Å². The van der Waals surface area contributed by atoms with Gasteiger partial charge in [0, 0.05) is 11.6 Å². The van der Waals surface area contributed by atoms with Crippen molar-refractivity contribution in [2.75, 3.05) is 5.73 Å². The highest BCUT2D eigenvalue weighted by Crippen LogP contribution is 2.28. The van der Waals surface area contributed by atoms with Crippen molar-refractivity contribution in [3.63, 3.8) is 0 Å². The van der Waals surface area contributed by atoms with Crippen LogP contribution in [0.1, 0.15) is 37.6 Å². The first-order valence-corrected chi connectivity index (χ1v) is 6.47.